The molecule has 78 valence electrons. The number of ether oxygens (including phenoxy) is 1. The molecule has 0 aliphatic carbocycles. The van der Waals surface area contributed by atoms with Crippen molar-refractivity contribution in [3.8, 4) is 11.8 Å². The van der Waals surface area contributed by atoms with Crippen molar-refractivity contribution < 1.29 is 9.53 Å². The van der Waals surface area contributed by atoms with Gasteiger partial charge in [-0.3, -0.25) is 0 Å². The summed E-state index contributed by atoms with van der Waals surface area (Å²) in [4.78, 5) is 11.0. The van der Waals surface area contributed by atoms with Crippen LogP contribution in [0.5, 0.6) is 0 Å². The Morgan fingerprint density at radius 3 is 2.47 bits per heavy atom. The van der Waals surface area contributed by atoms with Gasteiger partial charge in [-0.15, -0.1) is 0 Å². The van der Waals surface area contributed by atoms with E-state index in [9.17, 15) is 4.79 Å². The second-order valence-electron chi connectivity index (χ2n) is 2.63. The van der Waals surface area contributed by atoms with E-state index in [2.05, 4.69) is 48.4 Å². The van der Waals surface area contributed by atoms with Crippen molar-refractivity contribution in [3.05, 3.63) is 32.7 Å². The summed E-state index contributed by atoms with van der Waals surface area (Å²) in [6.45, 7) is 2.09. The highest BCUT2D eigenvalue weighted by molar-refractivity contribution is 9.11. The van der Waals surface area contributed by atoms with Crippen LogP contribution in [0.25, 0.3) is 0 Å². The predicted octanol–water partition coefficient (Wildman–Crippen LogP) is 3.13. The van der Waals surface area contributed by atoms with Crippen LogP contribution in [0.3, 0.4) is 0 Å². The summed E-state index contributed by atoms with van der Waals surface area (Å²) in [7, 11) is 0. The van der Waals surface area contributed by atoms with Gasteiger partial charge in [0.2, 0.25) is 0 Å². The number of hydrogen-bond acceptors (Lipinski definition) is 2. The summed E-state index contributed by atoms with van der Waals surface area (Å²) in [5.41, 5.74) is 0.754. The fraction of sp³-hybridized carbons (Fsp3) is 0.182. The standard InChI is InChI=1S/C11H8Br2O2/c1-2-15-11(14)4-3-8-5-9(12)7-10(13)6-8/h5-7H,2H2,1H3. The molecule has 0 aliphatic rings. The Hall–Kier alpha value is -0.790. The maximum Gasteiger partial charge on any atom is 0.384 e. The molecule has 1 aromatic rings. The number of carbonyl (C=O) groups excluding carboxylic acids is 1. The average molecular weight is 332 g/mol. The van der Waals surface area contributed by atoms with E-state index in [1.54, 1.807) is 6.92 Å². The summed E-state index contributed by atoms with van der Waals surface area (Å²) >= 11 is 6.67. The fourth-order valence-electron chi connectivity index (χ4n) is 0.916. The first kappa shape index (κ1) is 12.3. The highest BCUT2D eigenvalue weighted by atomic mass is 79.9. The summed E-state index contributed by atoms with van der Waals surface area (Å²) in [6.07, 6.45) is 0. The first-order valence-corrected chi connectivity index (χ1v) is 5.85. The summed E-state index contributed by atoms with van der Waals surface area (Å²) in [6, 6.07) is 5.56. The molecule has 0 N–H and O–H groups in total. The Balaban J connectivity index is 2.84. The van der Waals surface area contributed by atoms with E-state index in [1.807, 2.05) is 18.2 Å². The number of esters is 1. The Morgan fingerprint density at radius 1 is 1.33 bits per heavy atom. The third-order valence-corrected chi connectivity index (χ3v) is 2.36. The van der Waals surface area contributed by atoms with Crippen molar-refractivity contribution in [1.82, 2.24) is 0 Å². The zero-order valence-corrected chi connectivity index (χ0v) is 11.2. The van der Waals surface area contributed by atoms with Crippen molar-refractivity contribution in [2.45, 2.75) is 6.92 Å². The Kier molecular flexibility index (Phi) is 4.86. The third-order valence-electron chi connectivity index (χ3n) is 1.45. The number of benzene rings is 1. The minimum atomic E-state index is -0.506. The van der Waals surface area contributed by atoms with Crippen molar-refractivity contribution in [2.75, 3.05) is 6.61 Å². The molecule has 0 aromatic heterocycles. The van der Waals surface area contributed by atoms with E-state index in [0.29, 0.717) is 6.61 Å². The number of hydrogen-bond donors (Lipinski definition) is 0. The van der Waals surface area contributed by atoms with Crippen molar-refractivity contribution >= 4 is 37.8 Å². The molecular weight excluding hydrogens is 324 g/mol. The third kappa shape index (κ3) is 4.50. The Morgan fingerprint density at radius 2 is 1.93 bits per heavy atom. The molecule has 15 heavy (non-hydrogen) atoms. The van der Waals surface area contributed by atoms with E-state index in [-0.39, 0.29) is 0 Å². The highest BCUT2D eigenvalue weighted by Crippen LogP contribution is 2.19. The molecule has 2 nitrogen and oxygen atoms in total. The number of carbonyl (C=O) groups is 1. The minimum Gasteiger partial charge on any atom is -0.456 e. The smallest absolute Gasteiger partial charge is 0.384 e. The van der Waals surface area contributed by atoms with Crippen molar-refractivity contribution in [2.24, 2.45) is 0 Å². The van der Waals surface area contributed by atoms with Crippen LogP contribution < -0.4 is 0 Å². The molecule has 0 aliphatic heterocycles. The van der Waals surface area contributed by atoms with E-state index in [1.165, 1.54) is 0 Å². The molecule has 0 bridgehead atoms. The lowest BCUT2D eigenvalue weighted by Crippen LogP contribution is -1.99. The van der Waals surface area contributed by atoms with Gasteiger partial charge in [0.15, 0.2) is 0 Å². The van der Waals surface area contributed by atoms with E-state index < -0.39 is 5.97 Å². The monoisotopic (exact) mass is 330 g/mol. The second kappa shape index (κ2) is 5.94. The Bertz CT molecular complexity index is 410. The molecule has 1 rings (SSSR count). The van der Waals surface area contributed by atoms with Crippen LogP contribution in [0.2, 0.25) is 0 Å². The topological polar surface area (TPSA) is 26.3 Å². The number of halogens is 2. The van der Waals surface area contributed by atoms with Crippen LogP contribution in [0.4, 0.5) is 0 Å². The first-order chi connectivity index (χ1) is 7.11. The molecule has 0 saturated carbocycles. The van der Waals surface area contributed by atoms with Gasteiger partial charge < -0.3 is 4.74 Å². The lowest BCUT2D eigenvalue weighted by molar-refractivity contribution is -0.136. The minimum absolute atomic E-state index is 0.343. The maximum absolute atomic E-state index is 11.0. The molecule has 0 heterocycles. The summed E-state index contributed by atoms with van der Waals surface area (Å²) in [5, 5.41) is 0. The van der Waals surface area contributed by atoms with Crippen molar-refractivity contribution in [1.29, 1.82) is 0 Å². The van der Waals surface area contributed by atoms with Crippen LogP contribution in [0.1, 0.15) is 12.5 Å². The lowest BCUT2D eigenvalue weighted by Gasteiger charge is -1.95. The fourth-order valence-corrected chi connectivity index (χ4v) is 2.21. The summed E-state index contributed by atoms with van der Waals surface area (Å²) < 4.78 is 6.50. The van der Waals surface area contributed by atoms with Crippen LogP contribution in [0, 0.1) is 11.8 Å². The lowest BCUT2D eigenvalue weighted by atomic mass is 10.2. The second-order valence-corrected chi connectivity index (χ2v) is 4.46. The molecule has 0 radical (unpaired) electrons. The highest BCUT2D eigenvalue weighted by Gasteiger charge is 1.96. The molecular formula is C11H8Br2O2. The molecule has 0 saturated heterocycles. The van der Waals surface area contributed by atoms with Gasteiger partial charge in [0.05, 0.1) is 6.61 Å². The maximum atomic E-state index is 11.0. The van der Waals surface area contributed by atoms with Crippen LogP contribution in [-0.2, 0) is 9.53 Å². The molecule has 0 spiro atoms. The molecule has 1 aromatic carbocycles. The average Bonchev–Trinajstić information content (AvgIpc) is 2.14. The van der Waals surface area contributed by atoms with E-state index in [4.69, 9.17) is 0 Å². The molecule has 0 atom stereocenters. The zero-order chi connectivity index (χ0) is 11.3. The van der Waals surface area contributed by atoms with Crippen LogP contribution in [0.15, 0.2) is 27.1 Å². The van der Waals surface area contributed by atoms with Gasteiger partial charge in [-0.1, -0.05) is 37.8 Å². The predicted molar refractivity (Wildman–Crippen MR) is 65.4 cm³/mol. The van der Waals surface area contributed by atoms with Gasteiger partial charge in [0.1, 0.15) is 0 Å². The SMILES string of the molecule is CCOC(=O)C#Cc1cc(Br)cc(Br)c1. The molecule has 4 heteroatoms. The van der Waals surface area contributed by atoms with Crippen LogP contribution in [-0.4, -0.2) is 12.6 Å². The van der Waals surface area contributed by atoms with Crippen molar-refractivity contribution in [3.63, 3.8) is 0 Å². The molecule has 0 fully saturated rings. The number of rotatable bonds is 1. The quantitative estimate of drug-likeness (QED) is 0.584. The van der Waals surface area contributed by atoms with Gasteiger partial charge >= 0.3 is 5.97 Å². The van der Waals surface area contributed by atoms with Gasteiger partial charge in [-0.2, -0.15) is 0 Å². The van der Waals surface area contributed by atoms with Gasteiger partial charge in [0, 0.05) is 20.4 Å². The summed E-state index contributed by atoms with van der Waals surface area (Å²) in [5.74, 6) is 4.62. The largest absolute Gasteiger partial charge is 0.456 e. The van der Waals surface area contributed by atoms with E-state index in [0.717, 1.165) is 14.5 Å². The van der Waals surface area contributed by atoms with E-state index >= 15 is 0 Å². The first-order valence-electron chi connectivity index (χ1n) is 4.26. The molecule has 0 amide bonds. The van der Waals surface area contributed by atoms with Gasteiger partial charge in [0.25, 0.3) is 0 Å². The zero-order valence-electron chi connectivity index (χ0n) is 8.01. The van der Waals surface area contributed by atoms with Gasteiger partial charge in [-0.05, 0) is 25.1 Å². The molecule has 0 unspecified atom stereocenters. The Labute approximate surface area is 105 Å². The normalized spacial score (nSPS) is 9.00. The van der Waals surface area contributed by atoms with Gasteiger partial charge in [-0.25, -0.2) is 4.79 Å². The van der Waals surface area contributed by atoms with Crippen LogP contribution >= 0.6 is 31.9 Å².